The molecule has 1 aromatic carbocycles. The number of nitrogen functional groups attached to an aromatic ring is 1. The third-order valence-corrected chi connectivity index (χ3v) is 4.43. The van der Waals surface area contributed by atoms with Crippen LogP contribution in [0.15, 0.2) is 35.7 Å². The lowest BCUT2D eigenvalue weighted by molar-refractivity contribution is 0.182. The molecular formula is C12H17FN2O3S. The molecule has 1 aromatic rings. The second kappa shape index (κ2) is 6.65. The summed E-state index contributed by atoms with van der Waals surface area (Å²) in [4.78, 5) is -0.245. The average molecular weight is 288 g/mol. The van der Waals surface area contributed by atoms with Gasteiger partial charge in [-0.25, -0.2) is 12.8 Å². The molecule has 2 N–H and O–H groups in total. The molecule has 19 heavy (non-hydrogen) atoms. The summed E-state index contributed by atoms with van der Waals surface area (Å²) >= 11 is 0. The van der Waals surface area contributed by atoms with E-state index in [0.717, 1.165) is 10.4 Å². The molecule has 0 saturated carbocycles. The van der Waals surface area contributed by atoms with Crippen molar-refractivity contribution < 1.29 is 17.5 Å². The second-order valence-corrected chi connectivity index (χ2v) is 5.70. The summed E-state index contributed by atoms with van der Waals surface area (Å²) in [6.45, 7) is 3.97. The molecule has 0 aliphatic rings. The summed E-state index contributed by atoms with van der Waals surface area (Å²) in [6.07, 6.45) is 1.45. The highest BCUT2D eigenvalue weighted by Gasteiger charge is 2.26. The van der Waals surface area contributed by atoms with Gasteiger partial charge in [0.2, 0.25) is 10.0 Å². The van der Waals surface area contributed by atoms with Crippen LogP contribution in [-0.2, 0) is 14.8 Å². The largest absolute Gasteiger partial charge is 0.395 e. The standard InChI is InChI=1S/C12H17FN2O3S/c1-3-7-15(8-9-18-2)19(16,17)11-6-4-5-10(13)12(11)14/h3-6H,1,7-9,14H2,2H3. The predicted octanol–water partition coefficient (Wildman–Crippen LogP) is 1.23. The fourth-order valence-electron chi connectivity index (χ4n) is 1.53. The predicted molar refractivity (Wildman–Crippen MR) is 71.6 cm³/mol. The van der Waals surface area contributed by atoms with Gasteiger partial charge in [0.15, 0.2) is 0 Å². The van der Waals surface area contributed by atoms with Gasteiger partial charge in [-0.2, -0.15) is 4.31 Å². The van der Waals surface area contributed by atoms with E-state index in [2.05, 4.69) is 6.58 Å². The minimum Gasteiger partial charge on any atom is -0.395 e. The Labute approximate surface area is 112 Å². The first-order chi connectivity index (χ1) is 8.95. The van der Waals surface area contributed by atoms with E-state index in [4.69, 9.17) is 10.5 Å². The quantitative estimate of drug-likeness (QED) is 0.605. The van der Waals surface area contributed by atoms with E-state index in [0.29, 0.717) is 0 Å². The number of halogens is 1. The minimum absolute atomic E-state index is 0.0989. The fraction of sp³-hybridized carbons (Fsp3) is 0.333. The van der Waals surface area contributed by atoms with E-state index in [-0.39, 0.29) is 30.3 Å². The highest BCUT2D eigenvalue weighted by Crippen LogP contribution is 2.24. The Morgan fingerprint density at radius 3 is 2.79 bits per heavy atom. The number of hydrogen-bond donors (Lipinski definition) is 1. The molecule has 0 bridgehead atoms. The van der Waals surface area contributed by atoms with Gasteiger partial charge in [0, 0.05) is 20.2 Å². The molecule has 0 amide bonds. The summed E-state index contributed by atoms with van der Waals surface area (Å²) in [5.41, 5.74) is 5.11. The number of para-hydroxylation sites is 1. The summed E-state index contributed by atoms with van der Waals surface area (Å²) in [5.74, 6) is -0.758. The molecule has 7 heteroatoms. The maximum absolute atomic E-state index is 13.4. The van der Waals surface area contributed by atoms with E-state index < -0.39 is 15.8 Å². The molecule has 0 aromatic heterocycles. The molecule has 0 saturated heterocycles. The Kier molecular flexibility index (Phi) is 5.46. The number of benzene rings is 1. The number of hydrogen-bond acceptors (Lipinski definition) is 4. The van der Waals surface area contributed by atoms with Gasteiger partial charge >= 0.3 is 0 Å². The lowest BCUT2D eigenvalue weighted by Gasteiger charge is -2.21. The third-order valence-electron chi connectivity index (χ3n) is 2.51. The van der Waals surface area contributed by atoms with Crippen LogP contribution in [0.2, 0.25) is 0 Å². The molecular weight excluding hydrogens is 271 g/mol. The molecule has 0 unspecified atom stereocenters. The van der Waals surface area contributed by atoms with Gasteiger partial charge in [0.1, 0.15) is 10.7 Å². The third kappa shape index (κ3) is 3.52. The Morgan fingerprint density at radius 2 is 2.21 bits per heavy atom. The summed E-state index contributed by atoms with van der Waals surface area (Å²) in [5, 5.41) is 0. The van der Waals surface area contributed by atoms with E-state index in [9.17, 15) is 12.8 Å². The normalized spacial score (nSPS) is 11.7. The SMILES string of the molecule is C=CCN(CCOC)S(=O)(=O)c1cccc(F)c1N. The molecule has 0 aliphatic carbocycles. The molecule has 0 heterocycles. The zero-order valence-corrected chi connectivity index (χ0v) is 11.5. The highest BCUT2D eigenvalue weighted by molar-refractivity contribution is 7.89. The number of nitrogens with two attached hydrogens (primary N) is 1. The van der Waals surface area contributed by atoms with Crippen molar-refractivity contribution >= 4 is 15.7 Å². The van der Waals surface area contributed by atoms with E-state index >= 15 is 0 Å². The first-order valence-electron chi connectivity index (χ1n) is 5.59. The lowest BCUT2D eigenvalue weighted by atomic mass is 10.3. The average Bonchev–Trinajstić information content (AvgIpc) is 2.37. The molecule has 0 fully saturated rings. The smallest absolute Gasteiger partial charge is 0.245 e. The maximum atomic E-state index is 13.4. The fourth-order valence-corrected chi connectivity index (χ4v) is 3.05. The van der Waals surface area contributed by atoms with Crippen molar-refractivity contribution in [3.63, 3.8) is 0 Å². The molecule has 106 valence electrons. The van der Waals surface area contributed by atoms with Gasteiger partial charge in [-0.05, 0) is 12.1 Å². The van der Waals surface area contributed by atoms with Gasteiger partial charge in [-0.1, -0.05) is 12.1 Å². The first kappa shape index (κ1) is 15.6. The Bertz CT molecular complexity index is 546. The Morgan fingerprint density at radius 1 is 1.53 bits per heavy atom. The first-order valence-corrected chi connectivity index (χ1v) is 7.03. The summed E-state index contributed by atoms with van der Waals surface area (Å²) < 4.78 is 44.1. The number of nitrogens with zero attached hydrogens (tertiary/aromatic N) is 1. The van der Waals surface area contributed by atoms with Crippen molar-refractivity contribution in [1.82, 2.24) is 4.31 Å². The van der Waals surface area contributed by atoms with Crippen LogP contribution in [0.5, 0.6) is 0 Å². The van der Waals surface area contributed by atoms with E-state index in [1.165, 1.54) is 25.3 Å². The van der Waals surface area contributed by atoms with Crippen molar-refractivity contribution in [3.8, 4) is 0 Å². The number of anilines is 1. The van der Waals surface area contributed by atoms with Gasteiger partial charge in [-0.3, -0.25) is 0 Å². The van der Waals surface area contributed by atoms with Crippen LogP contribution >= 0.6 is 0 Å². The zero-order chi connectivity index (χ0) is 14.5. The minimum atomic E-state index is -3.87. The van der Waals surface area contributed by atoms with Crippen molar-refractivity contribution in [2.45, 2.75) is 4.90 Å². The van der Waals surface area contributed by atoms with Crippen LogP contribution in [0.3, 0.4) is 0 Å². The molecule has 0 aliphatic heterocycles. The van der Waals surface area contributed by atoms with Crippen molar-refractivity contribution in [1.29, 1.82) is 0 Å². The Balaban J connectivity index is 3.18. The number of ether oxygens (including phenoxy) is 1. The van der Waals surface area contributed by atoms with Gasteiger partial charge < -0.3 is 10.5 Å². The molecule has 0 radical (unpaired) electrons. The summed E-state index contributed by atoms with van der Waals surface area (Å²) in [7, 11) is -2.40. The van der Waals surface area contributed by atoms with Crippen LogP contribution < -0.4 is 5.73 Å². The molecule has 1 rings (SSSR count). The summed E-state index contributed by atoms with van der Waals surface area (Å²) in [6, 6.07) is 3.69. The number of sulfonamides is 1. The van der Waals surface area contributed by atoms with Crippen molar-refractivity contribution in [3.05, 3.63) is 36.7 Å². The second-order valence-electron chi connectivity index (χ2n) is 3.80. The monoisotopic (exact) mass is 288 g/mol. The number of rotatable bonds is 7. The van der Waals surface area contributed by atoms with Crippen LogP contribution in [-0.4, -0.2) is 39.5 Å². The van der Waals surface area contributed by atoms with Gasteiger partial charge in [0.05, 0.1) is 12.3 Å². The van der Waals surface area contributed by atoms with Crippen LogP contribution in [0.1, 0.15) is 0 Å². The van der Waals surface area contributed by atoms with E-state index in [1.807, 2.05) is 0 Å². The topological polar surface area (TPSA) is 72.6 Å². The van der Waals surface area contributed by atoms with Crippen LogP contribution in [0, 0.1) is 5.82 Å². The molecule has 5 nitrogen and oxygen atoms in total. The number of methoxy groups -OCH3 is 1. The van der Waals surface area contributed by atoms with Gasteiger partial charge in [-0.15, -0.1) is 6.58 Å². The maximum Gasteiger partial charge on any atom is 0.245 e. The molecule has 0 atom stereocenters. The zero-order valence-electron chi connectivity index (χ0n) is 10.7. The van der Waals surface area contributed by atoms with Crippen LogP contribution in [0.25, 0.3) is 0 Å². The highest BCUT2D eigenvalue weighted by atomic mass is 32.2. The van der Waals surface area contributed by atoms with Gasteiger partial charge in [0.25, 0.3) is 0 Å². The molecule has 0 spiro atoms. The van der Waals surface area contributed by atoms with Crippen molar-refractivity contribution in [2.75, 3.05) is 32.5 Å². The van der Waals surface area contributed by atoms with Crippen molar-refractivity contribution in [2.24, 2.45) is 0 Å². The lowest BCUT2D eigenvalue weighted by Crippen LogP contribution is -2.34. The van der Waals surface area contributed by atoms with E-state index in [1.54, 1.807) is 0 Å². The Hall–Kier alpha value is -1.44. The van der Waals surface area contributed by atoms with Crippen LogP contribution in [0.4, 0.5) is 10.1 Å².